The molecule has 0 aliphatic carbocycles. The summed E-state index contributed by atoms with van der Waals surface area (Å²) in [5, 5.41) is 2.76. The second-order valence-electron chi connectivity index (χ2n) is 6.62. The third-order valence-electron chi connectivity index (χ3n) is 4.67. The number of para-hydroxylation sites is 1. The van der Waals surface area contributed by atoms with Crippen LogP contribution in [-0.2, 0) is 9.59 Å². The SMILES string of the molecule is CC(NC(=O)/C=C/c1ccccc1)C(=O)N1CCN(c2ccccc2)CC1. The van der Waals surface area contributed by atoms with Crippen LogP contribution in [0.25, 0.3) is 6.08 Å². The molecule has 5 heteroatoms. The Kier molecular flexibility index (Phi) is 6.26. The molecule has 1 unspecified atom stereocenters. The third kappa shape index (κ3) is 5.20. The molecule has 0 saturated carbocycles. The molecule has 0 radical (unpaired) electrons. The molecular weight excluding hydrogens is 338 g/mol. The van der Waals surface area contributed by atoms with Gasteiger partial charge in [0.15, 0.2) is 0 Å². The molecule has 1 aliphatic heterocycles. The highest BCUT2D eigenvalue weighted by molar-refractivity contribution is 5.95. The van der Waals surface area contributed by atoms with Crippen LogP contribution in [-0.4, -0.2) is 48.9 Å². The zero-order valence-corrected chi connectivity index (χ0v) is 15.5. The summed E-state index contributed by atoms with van der Waals surface area (Å²) in [4.78, 5) is 28.8. The number of hydrogen-bond acceptors (Lipinski definition) is 3. The smallest absolute Gasteiger partial charge is 0.244 e. The highest BCUT2D eigenvalue weighted by Crippen LogP contribution is 2.15. The lowest BCUT2D eigenvalue weighted by Crippen LogP contribution is -2.54. The monoisotopic (exact) mass is 363 g/mol. The third-order valence-corrected chi connectivity index (χ3v) is 4.67. The molecule has 2 amide bonds. The van der Waals surface area contributed by atoms with Gasteiger partial charge in [0.05, 0.1) is 0 Å². The zero-order valence-electron chi connectivity index (χ0n) is 15.5. The van der Waals surface area contributed by atoms with Gasteiger partial charge in [0.25, 0.3) is 0 Å². The Morgan fingerprint density at radius 1 is 0.926 bits per heavy atom. The van der Waals surface area contributed by atoms with E-state index >= 15 is 0 Å². The van der Waals surface area contributed by atoms with Gasteiger partial charge < -0.3 is 15.1 Å². The first-order valence-corrected chi connectivity index (χ1v) is 9.26. The summed E-state index contributed by atoms with van der Waals surface area (Å²) in [6.45, 7) is 4.65. The van der Waals surface area contributed by atoms with Crippen LogP contribution >= 0.6 is 0 Å². The molecule has 0 spiro atoms. The van der Waals surface area contributed by atoms with Gasteiger partial charge >= 0.3 is 0 Å². The van der Waals surface area contributed by atoms with Gasteiger partial charge in [-0.25, -0.2) is 0 Å². The Morgan fingerprint density at radius 2 is 1.52 bits per heavy atom. The number of hydrogen-bond donors (Lipinski definition) is 1. The van der Waals surface area contributed by atoms with E-state index < -0.39 is 6.04 Å². The van der Waals surface area contributed by atoms with E-state index in [1.165, 1.54) is 11.8 Å². The molecule has 0 aromatic heterocycles. The molecule has 2 aromatic rings. The van der Waals surface area contributed by atoms with Crippen molar-refractivity contribution in [2.24, 2.45) is 0 Å². The molecule has 1 aliphatic rings. The number of rotatable bonds is 5. The van der Waals surface area contributed by atoms with Gasteiger partial charge in [-0.15, -0.1) is 0 Å². The second-order valence-corrected chi connectivity index (χ2v) is 6.62. The maximum Gasteiger partial charge on any atom is 0.244 e. The number of nitrogens with zero attached hydrogens (tertiary/aromatic N) is 2. The topological polar surface area (TPSA) is 52.7 Å². The maximum atomic E-state index is 12.6. The van der Waals surface area contributed by atoms with Gasteiger partial charge in [-0.1, -0.05) is 48.5 Å². The number of piperazine rings is 1. The summed E-state index contributed by atoms with van der Waals surface area (Å²) in [7, 11) is 0. The van der Waals surface area contributed by atoms with Crippen molar-refractivity contribution in [2.75, 3.05) is 31.1 Å². The first-order chi connectivity index (χ1) is 13.1. The van der Waals surface area contributed by atoms with Crippen molar-refractivity contribution in [1.29, 1.82) is 0 Å². The Morgan fingerprint density at radius 3 is 2.15 bits per heavy atom. The van der Waals surface area contributed by atoms with Crippen LogP contribution in [0.4, 0.5) is 5.69 Å². The highest BCUT2D eigenvalue weighted by Gasteiger charge is 2.25. The number of carbonyl (C=O) groups is 2. The molecule has 27 heavy (non-hydrogen) atoms. The summed E-state index contributed by atoms with van der Waals surface area (Å²) in [6.07, 6.45) is 3.21. The van der Waals surface area contributed by atoms with Crippen molar-refractivity contribution in [3.05, 3.63) is 72.3 Å². The van der Waals surface area contributed by atoms with Crippen molar-refractivity contribution in [3.8, 4) is 0 Å². The highest BCUT2D eigenvalue weighted by atomic mass is 16.2. The van der Waals surface area contributed by atoms with Gasteiger partial charge in [-0.3, -0.25) is 9.59 Å². The Hall–Kier alpha value is -3.08. The standard InChI is InChI=1S/C22H25N3O2/c1-18(23-21(26)13-12-19-8-4-2-5-9-19)22(27)25-16-14-24(15-17-25)20-10-6-3-7-11-20/h2-13,18H,14-17H2,1H3,(H,23,26)/b13-12+. The van der Waals surface area contributed by atoms with Crippen LogP contribution in [0.3, 0.4) is 0 Å². The van der Waals surface area contributed by atoms with Gasteiger partial charge in [0, 0.05) is 37.9 Å². The minimum Gasteiger partial charge on any atom is -0.368 e. The number of carbonyl (C=O) groups excluding carboxylic acids is 2. The number of amides is 2. The van der Waals surface area contributed by atoms with E-state index in [0.29, 0.717) is 13.1 Å². The van der Waals surface area contributed by atoms with Crippen molar-refractivity contribution in [3.63, 3.8) is 0 Å². The number of benzene rings is 2. The van der Waals surface area contributed by atoms with Crippen LogP contribution < -0.4 is 10.2 Å². The summed E-state index contributed by atoms with van der Waals surface area (Å²) in [5.41, 5.74) is 2.13. The largest absolute Gasteiger partial charge is 0.368 e. The van der Waals surface area contributed by atoms with Crippen LogP contribution in [0, 0.1) is 0 Å². The molecule has 5 nitrogen and oxygen atoms in total. The Balaban J connectivity index is 1.48. The van der Waals surface area contributed by atoms with E-state index in [0.717, 1.165) is 18.7 Å². The average Bonchev–Trinajstić information content (AvgIpc) is 2.73. The fourth-order valence-electron chi connectivity index (χ4n) is 3.16. The summed E-state index contributed by atoms with van der Waals surface area (Å²) in [6, 6.07) is 19.3. The van der Waals surface area contributed by atoms with Crippen molar-refractivity contribution in [1.82, 2.24) is 10.2 Å². The predicted molar refractivity (Wildman–Crippen MR) is 108 cm³/mol. The molecule has 1 N–H and O–H groups in total. The van der Waals surface area contributed by atoms with Gasteiger partial charge in [0.1, 0.15) is 6.04 Å². The maximum absolute atomic E-state index is 12.6. The van der Waals surface area contributed by atoms with E-state index in [1.807, 2.05) is 53.4 Å². The van der Waals surface area contributed by atoms with Crippen molar-refractivity contribution >= 4 is 23.6 Å². The van der Waals surface area contributed by atoms with E-state index in [1.54, 1.807) is 13.0 Å². The Bertz CT molecular complexity index is 782. The quantitative estimate of drug-likeness (QED) is 0.831. The fourth-order valence-corrected chi connectivity index (χ4v) is 3.16. The summed E-state index contributed by atoms with van der Waals surface area (Å²) in [5.74, 6) is -0.299. The lowest BCUT2D eigenvalue weighted by atomic mass is 10.2. The Labute approximate surface area is 160 Å². The first-order valence-electron chi connectivity index (χ1n) is 9.26. The molecule has 140 valence electrons. The molecule has 1 atom stereocenters. The van der Waals surface area contributed by atoms with E-state index in [2.05, 4.69) is 22.3 Å². The molecule has 3 rings (SSSR count). The molecule has 1 saturated heterocycles. The molecule has 1 fully saturated rings. The molecular formula is C22H25N3O2. The molecule has 1 heterocycles. The van der Waals surface area contributed by atoms with Crippen LogP contribution in [0.5, 0.6) is 0 Å². The van der Waals surface area contributed by atoms with Crippen LogP contribution in [0.1, 0.15) is 12.5 Å². The number of nitrogens with one attached hydrogen (secondary N) is 1. The molecule has 0 bridgehead atoms. The summed E-state index contributed by atoms with van der Waals surface area (Å²) < 4.78 is 0. The van der Waals surface area contributed by atoms with Gasteiger partial charge in [-0.05, 0) is 30.7 Å². The minimum atomic E-state index is -0.541. The van der Waals surface area contributed by atoms with Crippen LogP contribution in [0.15, 0.2) is 66.7 Å². The average molecular weight is 363 g/mol. The predicted octanol–water partition coefficient (Wildman–Crippen LogP) is 2.55. The van der Waals surface area contributed by atoms with E-state index in [4.69, 9.17) is 0 Å². The van der Waals surface area contributed by atoms with E-state index in [9.17, 15) is 9.59 Å². The second kappa shape index (κ2) is 9.03. The van der Waals surface area contributed by atoms with Gasteiger partial charge in [0.2, 0.25) is 11.8 Å². The zero-order chi connectivity index (χ0) is 19.1. The lowest BCUT2D eigenvalue weighted by Gasteiger charge is -2.37. The lowest BCUT2D eigenvalue weighted by molar-refractivity contribution is -0.135. The normalized spacial score (nSPS) is 15.6. The minimum absolute atomic E-state index is 0.0378. The summed E-state index contributed by atoms with van der Waals surface area (Å²) >= 11 is 0. The fraction of sp³-hybridized carbons (Fsp3) is 0.273. The molecule has 2 aromatic carbocycles. The van der Waals surface area contributed by atoms with Crippen molar-refractivity contribution < 1.29 is 9.59 Å². The van der Waals surface area contributed by atoms with Crippen LogP contribution in [0.2, 0.25) is 0 Å². The van der Waals surface area contributed by atoms with Crippen molar-refractivity contribution in [2.45, 2.75) is 13.0 Å². The number of anilines is 1. The first kappa shape index (κ1) is 18.7. The van der Waals surface area contributed by atoms with Gasteiger partial charge in [-0.2, -0.15) is 0 Å². The van der Waals surface area contributed by atoms with E-state index in [-0.39, 0.29) is 11.8 Å².